The Morgan fingerprint density at radius 2 is 2.15 bits per heavy atom. The molecule has 0 heterocycles. The van der Waals surface area contributed by atoms with Crippen molar-refractivity contribution >= 4 is 33.6 Å². The fourth-order valence-corrected chi connectivity index (χ4v) is 1.95. The van der Waals surface area contributed by atoms with Gasteiger partial charge in [0.2, 0.25) is 0 Å². The number of hydrogen-bond donors (Lipinski definition) is 3. The molecule has 0 aliphatic heterocycles. The molecular formula is C13H16BrFN2O3. The fraction of sp³-hybridized carbons (Fsp3) is 0.385. The second-order valence-electron chi connectivity index (χ2n) is 4.36. The molecule has 20 heavy (non-hydrogen) atoms. The number of urea groups is 1. The maximum atomic E-state index is 13.5. The molecule has 110 valence electrons. The molecule has 0 saturated heterocycles. The van der Waals surface area contributed by atoms with Gasteiger partial charge in [0.05, 0.1) is 11.6 Å². The first kappa shape index (κ1) is 16.4. The highest BCUT2D eigenvalue weighted by atomic mass is 79.9. The van der Waals surface area contributed by atoms with Gasteiger partial charge in [-0.05, 0) is 40.9 Å². The standard InChI is InChI=1S/C13H16BrFN2O3/c1-8(12(18)19)4-3-7-16-13(20)17-11-9(14)5-2-6-10(11)15/h2,5-6,8H,3-4,7H2,1H3,(H,18,19)(H2,16,17,20). The van der Waals surface area contributed by atoms with Gasteiger partial charge in [-0.25, -0.2) is 9.18 Å². The van der Waals surface area contributed by atoms with Crippen molar-refractivity contribution in [1.82, 2.24) is 5.32 Å². The van der Waals surface area contributed by atoms with E-state index < -0.39 is 23.7 Å². The second-order valence-corrected chi connectivity index (χ2v) is 5.21. The number of rotatable bonds is 6. The Bertz CT molecular complexity index is 476. The Morgan fingerprint density at radius 1 is 1.45 bits per heavy atom. The van der Waals surface area contributed by atoms with Crippen LogP contribution in [-0.4, -0.2) is 23.7 Å². The molecule has 0 spiro atoms. The molecule has 0 saturated carbocycles. The number of carboxylic acid groups (broad SMARTS) is 1. The lowest BCUT2D eigenvalue weighted by Crippen LogP contribution is -2.30. The van der Waals surface area contributed by atoms with Gasteiger partial charge < -0.3 is 15.7 Å². The van der Waals surface area contributed by atoms with Crippen LogP contribution in [0, 0.1) is 11.7 Å². The average Bonchev–Trinajstić information content (AvgIpc) is 2.38. The van der Waals surface area contributed by atoms with Crippen molar-refractivity contribution in [3.05, 3.63) is 28.5 Å². The van der Waals surface area contributed by atoms with E-state index in [1.54, 1.807) is 13.0 Å². The number of benzene rings is 1. The molecular weight excluding hydrogens is 331 g/mol. The minimum Gasteiger partial charge on any atom is -0.481 e. The van der Waals surface area contributed by atoms with Crippen LogP contribution in [0.4, 0.5) is 14.9 Å². The summed E-state index contributed by atoms with van der Waals surface area (Å²) in [6, 6.07) is 3.86. The van der Waals surface area contributed by atoms with Crippen molar-refractivity contribution < 1.29 is 19.1 Å². The van der Waals surface area contributed by atoms with Crippen LogP contribution >= 0.6 is 15.9 Å². The summed E-state index contributed by atoms with van der Waals surface area (Å²) in [4.78, 5) is 22.2. The summed E-state index contributed by atoms with van der Waals surface area (Å²) >= 11 is 3.14. The molecule has 5 nitrogen and oxygen atoms in total. The Labute approximate surface area is 124 Å². The number of carboxylic acids is 1. The smallest absolute Gasteiger partial charge is 0.319 e. The van der Waals surface area contributed by atoms with Gasteiger partial charge in [0.15, 0.2) is 0 Å². The van der Waals surface area contributed by atoms with Gasteiger partial charge in [0, 0.05) is 11.0 Å². The maximum Gasteiger partial charge on any atom is 0.319 e. The summed E-state index contributed by atoms with van der Waals surface area (Å²) < 4.78 is 13.9. The van der Waals surface area contributed by atoms with Crippen molar-refractivity contribution in [2.45, 2.75) is 19.8 Å². The van der Waals surface area contributed by atoms with E-state index in [1.165, 1.54) is 12.1 Å². The van der Waals surface area contributed by atoms with Crippen molar-refractivity contribution in [2.24, 2.45) is 5.92 Å². The maximum absolute atomic E-state index is 13.5. The van der Waals surface area contributed by atoms with E-state index in [0.29, 0.717) is 23.9 Å². The largest absolute Gasteiger partial charge is 0.481 e. The highest BCUT2D eigenvalue weighted by molar-refractivity contribution is 9.10. The van der Waals surface area contributed by atoms with Crippen LogP contribution in [-0.2, 0) is 4.79 Å². The van der Waals surface area contributed by atoms with Gasteiger partial charge in [-0.3, -0.25) is 4.79 Å². The molecule has 0 aliphatic rings. The minimum absolute atomic E-state index is 0.0731. The van der Waals surface area contributed by atoms with E-state index in [4.69, 9.17) is 5.11 Å². The molecule has 0 fully saturated rings. The molecule has 0 bridgehead atoms. The first-order chi connectivity index (χ1) is 9.41. The Kier molecular flexibility index (Phi) is 6.44. The lowest BCUT2D eigenvalue weighted by atomic mass is 10.1. The lowest BCUT2D eigenvalue weighted by Gasteiger charge is -2.10. The predicted molar refractivity (Wildman–Crippen MR) is 77.2 cm³/mol. The van der Waals surface area contributed by atoms with Gasteiger partial charge in [0.25, 0.3) is 0 Å². The molecule has 1 atom stereocenters. The summed E-state index contributed by atoms with van der Waals surface area (Å²) in [6.07, 6.45) is 1.01. The van der Waals surface area contributed by atoms with Crippen LogP contribution in [0.2, 0.25) is 0 Å². The van der Waals surface area contributed by atoms with E-state index in [2.05, 4.69) is 26.6 Å². The molecule has 1 aromatic carbocycles. The van der Waals surface area contributed by atoms with Crippen molar-refractivity contribution in [3.63, 3.8) is 0 Å². The van der Waals surface area contributed by atoms with Gasteiger partial charge >= 0.3 is 12.0 Å². The number of para-hydroxylation sites is 1. The first-order valence-electron chi connectivity index (χ1n) is 6.13. The van der Waals surface area contributed by atoms with E-state index in [1.807, 2.05) is 0 Å². The number of amides is 2. The van der Waals surface area contributed by atoms with Crippen LogP contribution < -0.4 is 10.6 Å². The lowest BCUT2D eigenvalue weighted by molar-refractivity contribution is -0.141. The molecule has 1 rings (SSSR count). The second kappa shape index (κ2) is 7.84. The fourth-order valence-electron chi connectivity index (χ4n) is 1.51. The van der Waals surface area contributed by atoms with Crippen LogP contribution in [0.25, 0.3) is 0 Å². The molecule has 3 N–H and O–H groups in total. The number of hydrogen-bond acceptors (Lipinski definition) is 2. The monoisotopic (exact) mass is 346 g/mol. The molecule has 1 unspecified atom stereocenters. The van der Waals surface area contributed by atoms with Crippen LogP contribution in [0.3, 0.4) is 0 Å². The molecule has 0 aromatic heterocycles. The summed E-state index contributed by atoms with van der Waals surface area (Å²) in [5, 5.41) is 13.7. The summed E-state index contributed by atoms with van der Waals surface area (Å²) in [5.74, 6) is -1.83. The van der Waals surface area contributed by atoms with Crippen molar-refractivity contribution in [3.8, 4) is 0 Å². The topological polar surface area (TPSA) is 78.4 Å². The number of anilines is 1. The molecule has 2 amide bonds. The zero-order valence-electron chi connectivity index (χ0n) is 11.0. The highest BCUT2D eigenvalue weighted by Crippen LogP contribution is 2.24. The van der Waals surface area contributed by atoms with Gasteiger partial charge in [-0.15, -0.1) is 0 Å². The Balaban J connectivity index is 2.36. The number of nitrogens with one attached hydrogen (secondary N) is 2. The molecule has 7 heteroatoms. The van der Waals surface area contributed by atoms with E-state index >= 15 is 0 Å². The molecule has 1 aromatic rings. The summed E-state index contributed by atoms with van der Waals surface area (Å²) in [5.41, 5.74) is 0.0731. The van der Waals surface area contributed by atoms with Gasteiger partial charge in [-0.1, -0.05) is 13.0 Å². The molecule has 0 radical (unpaired) electrons. The Hall–Kier alpha value is -1.63. The number of aliphatic carboxylic acids is 1. The third-order valence-corrected chi connectivity index (χ3v) is 3.38. The molecule has 0 aliphatic carbocycles. The zero-order chi connectivity index (χ0) is 15.1. The SMILES string of the molecule is CC(CCCNC(=O)Nc1c(F)cccc1Br)C(=O)O. The highest BCUT2D eigenvalue weighted by Gasteiger charge is 2.11. The van der Waals surface area contributed by atoms with Crippen LogP contribution in [0.5, 0.6) is 0 Å². The van der Waals surface area contributed by atoms with Crippen LogP contribution in [0.15, 0.2) is 22.7 Å². The Morgan fingerprint density at radius 3 is 2.75 bits per heavy atom. The van der Waals surface area contributed by atoms with Crippen LogP contribution in [0.1, 0.15) is 19.8 Å². The van der Waals surface area contributed by atoms with E-state index in [0.717, 1.165) is 0 Å². The first-order valence-corrected chi connectivity index (χ1v) is 6.92. The quantitative estimate of drug-likeness (QED) is 0.692. The number of halogens is 2. The van der Waals surface area contributed by atoms with Gasteiger partial charge in [-0.2, -0.15) is 0 Å². The van der Waals surface area contributed by atoms with Crippen molar-refractivity contribution in [1.29, 1.82) is 0 Å². The average molecular weight is 347 g/mol. The summed E-state index contributed by atoms with van der Waals surface area (Å²) in [7, 11) is 0. The zero-order valence-corrected chi connectivity index (χ0v) is 12.5. The normalized spacial score (nSPS) is 11.8. The number of carbonyl (C=O) groups is 2. The van der Waals surface area contributed by atoms with Gasteiger partial charge in [0.1, 0.15) is 5.82 Å². The predicted octanol–water partition coefficient (Wildman–Crippen LogP) is 3.21. The van der Waals surface area contributed by atoms with E-state index in [9.17, 15) is 14.0 Å². The third-order valence-electron chi connectivity index (χ3n) is 2.72. The third kappa shape index (κ3) is 5.16. The van der Waals surface area contributed by atoms with E-state index in [-0.39, 0.29) is 5.69 Å². The summed E-state index contributed by atoms with van der Waals surface area (Å²) in [6.45, 7) is 1.94. The minimum atomic E-state index is -0.857. The number of carbonyl (C=O) groups excluding carboxylic acids is 1. The van der Waals surface area contributed by atoms with Crippen molar-refractivity contribution in [2.75, 3.05) is 11.9 Å².